The van der Waals surface area contributed by atoms with Crippen LogP contribution in [0.3, 0.4) is 0 Å². The lowest BCUT2D eigenvalue weighted by Crippen LogP contribution is -2.15. The van der Waals surface area contributed by atoms with Gasteiger partial charge in [-0.2, -0.15) is 0 Å². The molecule has 2 nitrogen and oxygen atoms in total. The first-order chi connectivity index (χ1) is 6.04. The highest BCUT2D eigenvalue weighted by Gasteiger charge is 2.14. The van der Waals surface area contributed by atoms with Crippen LogP contribution >= 0.6 is 0 Å². The van der Waals surface area contributed by atoms with E-state index in [1.54, 1.807) is 13.8 Å². The molecule has 1 aromatic carbocycles. The zero-order chi connectivity index (χ0) is 9.90. The van der Waals surface area contributed by atoms with Crippen molar-refractivity contribution in [2.24, 2.45) is 0 Å². The highest BCUT2D eigenvalue weighted by molar-refractivity contribution is 5.54. The lowest BCUT2D eigenvalue weighted by Gasteiger charge is -2.17. The summed E-state index contributed by atoms with van der Waals surface area (Å²) < 4.78 is 0. The minimum atomic E-state index is -0.806. The fourth-order valence-electron chi connectivity index (χ4n) is 1.14. The maximum Gasteiger partial charge on any atom is 0.124 e. The Hall–Kier alpha value is -1.15. The van der Waals surface area contributed by atoms with E-state index >= 15 is 0 Å². The van der Waals surface area contributed by atoms with Gasteiger partial charge < -0.3 is 9.90 Å². The van der Waals surface area contributed by atoms with E-state index in [1.165, 1.54) is 0 Å². The summed E-state index contributed by atoms with van der Waals surface area (Å²) in [5.74, 6) is 0. The van der Waals surface area contributed by atoms with Gasteiger partial charge in [0.15, 0.2) is 0 Å². The molecule has 13 heavy (non-hydrogen) atoms. The second-order valence-corrected chi connectivity index (χ2v) is 3.63. The van der Waals surface area contributed by atoms with Crippen molar-refractivity contribution in [1.82, 2.24) is 0 Å². The van der Waals surface area contributed by atoms with Gasteiger partial charge in [-0.3, -0.25) is 0 Å². The van der Waals surface area contributed by atoms with E-state index in [1.807, 2.05) is 24.3 Å². The summed E-state index contributed by atoms with van der Waals surface area (Å²) in [5.41, 5.74) is 1.03. The van der Waals surface area contributed by atoms with E-state index < -0.39 is 5.60 Å². The summed E-state index contributed by atoms with van der Waals surface area (Å²) >= 11 is 0. The first kappa shape index (κ1) is 9.93. The Kier molecular flexibility index (Phi) is 2.83. The maximum absolute atomic E-state index is 10.2. The van der Waals surface area contributed by atoms with E-state index in [0.717, 1.165) is 17.4 Å². The van der Waals surface area contributed by atoms with Crippen LogP contribution in [-0.4, -0.2) is 11.4 Å². The molecule has 0 spiro atoms. The van der Waals surface area contributed by atoms with E-state index in [4.69, 9.17) is 0 Å². The van der Waals surface area contributed by atoms with Crippen LogP contribution in [0, 0.1) is 0 Å². The highest BCUT2D eigenvalue weighted by Crippen LogP contribution is 2.19. The summed E-state index contributed by atoms with van der Waals surface area (Å²) in [5, 5.41) is 9.64. The molecule has 2 heteroatoms. The van der Waals surface area contributed by atoms with Crippen molar-refractivity contribution in [3.8, 4) is 0 Å². The molecule has 0 aromatic heterocycles. The molecule has 0 aliphatic rings. The van der Waals surface area contributed by atoms with E-state index in [-0.39, 0.29) is 0 Å². The third-order valence-electron chi connectivity index (χ3n) is 1.98. The van der Waals surface area contributed by atoms with Crippen molar-refractivity contribution in [1.29, 1.82) is 0 Å². The zero-order valence-corrected chi connectivity index (χ0v) is 7.95. The molecule has 0 saturated heterocycles. The van der Waals surface area contributed by atoms with Crippen LogP contribution in [0.5, 0.6) is 0 Å². The smallest absolute Gasteiger partial charge is 0.124 e. The van der Waals surface area contributed by atoms with Crippen LogP contribution in [0.25, 0.3) is 0 Å². The number of aliphatic hydroxyl groups is 1. The molecule has 0 bridgehead atoms. The number of carbonyl (C=O) groups excluding carboxylic acids is 1. The molecule has 1 aromatic rings. The standard InChI is InChI=1S/C11H14O2/c1-11(2,13)10-5-3-9(4-6-10)7-8-12/h3-6,8,13H,7H2,1-2H3. The summed E-state index contributed by atoms with van der Waals surface area (Å²) in [6, 6.07) is 7.42. The summed E-state index contributed by atoms with van der Waals surface area (Å²) in [6.45, 7) is 3.48. The van der Waals surface area contributed by atoms with Crippen LogP contribution in [0.2, 0.25) is 0 Å². The quantitative estimate of drug-likeness (QED) is 0.715. The summed E-state index contributed by atoms with van der Waals surface area (Å²) in [7, 11) is 0. The average Bonchev–Trinajstić information content (AvgIpc) is 2.04. The Morgan fingerprint density at radius 1 is 1.31 bits per heavy atom. The van der Waals surface area contributed by atoms with E-state index in [9.17, 15) is 9.90 Å². The van der Waals surface area contributed by atoms with Gasteiger partial charge in [-0.15, -0.1) is 0 Å². The monoisotopic (exact) mass is 178 g/mol. The van der Waals surface area contributed by atoms with Crippen molar-refractivity contribution in [2.75, 3.05) is 0 Å². The molecule has 0 aliphatic carbocycles. The second kappa shape index (κ2) is 3.71. The zero-order valence-electron chi connectivity index (χ0n) is 7.95. The van der Waals surface area contributed by atoms with E-state index in [2.05, 4.69) is 0 Å². The lowest BCUT2D eigenvalue weighted by atomic mass is 9.97. The molecular formula is C11H14O2. The number of hydrogen-bond acceptors (Lipinski definition) is 2. The lowest BCUT2D eigenvalue weighted by molar-refractivity contribution is -0.107. The van der Waals surface area contributed by atoms with Crippen LogP contribution in [0.1, 0.15) is 25.0 Å². The maximum atomic E-state index is 10.2. The minimum Gasteiger partial charge on any atom is -0.386 e. The Labute approximate surface area is 78.2 Å². The van der Waals surface area contributed by atoms with Gasteiger partial charge in [0, 0.05) is 6.42 Å². The number of aldehydes is 1. The van der Waals surface area contributed by atoms with Crippen LogP contribution < -0.4 is 0 Å². The molecule has 70 valence electrons. The predicted molar refractivity (Wildman–Crippen MR) is 51.5 cm³/mol. The molecule has 0 aliphatic heterocycles. The minimum absolute atomic E-state index is 0.437. The Balaban J connectivity index is 2.87. The van der Waals surface area contributed by atoms with Gasteiger partial charge in [-0.25, -0.2) is 0 Å². The van der Waals surface area contributed by atoms with Crippen molar-refractivity contribution in [3.05, 3.63) is 35.4 Å². The third-order valence-corrected chi connectivity index (χ3v) is 1.98. The Morgan fingerprint density at radius 3 is 2.23 bits per heavy atom. The topological polar surface area (TPSA) is 37.3 Å². The van der Waals surface area contributed by atoms with Gasteiger partial charge >= 0.3 is 0 Å². The van der Waals surface area contributed by atoms with Crippen molar-refractivity contribution in [3.63, 3.8) is 0 Å². The van der Waals surface area contributed by atoms with Crippen LogP contribution in [0.15, 0.2) is 24.3 Å². The fraction of sp³-hybridized carbons (Fsp3) is 0.364. The molecule has 0 amide bonds. The molecule has 0 saturated carbocycles. The van der Waals surface area contributed by atoms with Gasteiger partial charge in [-0.05, 0) is 25.0 Å². The molecule has 1 N–H and O–H groups in total. The number of hydrogen-bond donors (Lipinski definition) is 1. The molecule has 1 rings (SSSR count). The first-order valence-electron chi connectivity index (χ1n) is 4.29. The SMILES string of the molecule is CC(C)(O)c1ccc(CC=O)cc1. The fourth-order valence-corrected chi connectivity index (χ4v) is 1.14. The Bertz CT molecular complexity index is 280. The van der Waals surface area contributed by atoms with Crippen molar-refractivity contribution >= 4 is 6.29 Å². The first-order valence-corrected chi connectivity index (χ1v) is 4.29. The largest absolute Gasteiger partial charge is 0.386 e. The molecule has 0 heterocycles. The number of rotatable bonds is 3. The van der Waals surface area contributed by atoms with E-state index in [0.29, 0.717) is 6.42 Å². The third kappa shape index (κ3) is 2.67. The second-order valence-electron chi connectivity index (χ2n) is 3.63. The van der Waals surface area contributed by atoms with Gasteiger partial charge in [0.1, 0.15) is 6.29 Å². The van der Waals surface area contributed by atoms with Gasteiger partial charge in [0.2, 0.25) is 0 Å². The predicted octanol–water partition coefficient (Wildman–Crippen LogP) is 1.66. The number of benzene rings is 1. The average molecular weight is 178 g/mol. The molecular weight excluding hydrogens is 164 g/mol. The van der Waals surface area contributed by atoms with Gasteiger partial charge in [0.05, 0.1) is 5.60 Å². The van der Waals surface area contributed by atoms with Crippen LogP contribution in [-0.2, 0) is 16.8 Å². The van der Waals surface area contributed by atoms with Crippen molar-refractivity contribution < 1.29 is 9.90 Å². The van der Waals surface area contributed by atoms with Crippen molar-refractivity contribution in [2.45, 2.75) is 25.9 Å². The van der Waals surface area contributed by atoms with Crippen LogP contribution in [0.4, 0.5) is 0 Å². The van der Waals surface area contributed by atoms with Gasteiger partial charge in [-0.1, -0.05) is 24.3 Å². The molecule has 0 radical (unpaired) electrons. The molecule has 0 atom stereocenters. The highest BCUT2D eigenvalue weighted by atomic mass is 16.3. The summed E-state index contributed by atoms with van der Waals surface area (Å²) in [4.78, 5) is 10.2. The normalized spacial score (nSPS) is 11.3. The number of carbonyl (C=O) groups is 1. The van der Waals surface area contributed by atoms with Gasteiger partial charge in [0.25, 0.3) is 0 Å². The summed E-state index contributed by atoms with van der Waals surface area (Å²) in [6.07, 6.45) is 1.31. The Morgan fingerprint density at radius 2 is 1.85 bits per heavy atom. The molecule has 0 unspecified atom stereocenters. The molecule has 0 fully saturated rings.